The van der Waals surface area contributed by atoms with Crippen molar-refractivity contribution in [3.63, 3.8) is 0 Å². The Morgan fingerprint density at radius 1 is 1.08 bits per heavy atom. The second-order valence-electron chi connectivity index (χ2n) is 6.20. The molecule has 0 N–H and O–H groups in total. The molecule has 1 aliphatic rings. The summed E-state index contributed by atoms with van der Waals surface area (Å²) in [4.78, 5) is 26.6. The van der Waals surface area contributed by atoms with Crippen LogP contribution in [0.25, 0.3) is 0 Å². The molecule has 0 bridgehead atoms. The molecule has 130 valence electrons. The van der Waals surface area contributed by atoms with E-state index in [-0.39, 0.29) is 12.3 Å². The number of rotatable bonds is 4. The van der Waals surface area contributed by atoms with Gasteiger partial charge in [0.15, 0.2) is 11.5 Å². The Kier molecular flexibility index (Phi) is 4.74. The van der Waals surface area contributed by atoms with Crippen molar-refractivity contribution in [2.45, 2.75) is 20.3 Å². The van der Waals surface area contributed by atoms with Gasteiger partial charge in [0.1, 0.15) is 0 Å². The van der Waals surface area contributed by atoms with Gasteiger partial charge in [-0.05, 0) is 43.2 Å². The number of amides is 1. The van der Waals surface area contributed by atoms with Crippen LogP contribution in [0.15, 0.2) is 42.5 Å². The van der Waals surface area contributed by atoms with Crippen molar-refractivity contribution in [1.29, 1.82) is 0 Å². The molecule has 0 saturated carbocycles. The fourth-order valence-electron chi connectivity index (χ4n) is 3.02. The van der Waals surface area contributed by atoms with E-state index >= 15 is 0 Å². The second kappa shape index (κ2) is 6.97. The van der Waals surface area contributed by atoms with Crippen molar-refractivity contribution in [2.75, 3.05) is 18.6 Å². The van der Waals surface area contributed by atoms with E-state index in [1.54, 1.807) is 29.2 Å². The number of hydrogen-bond donors (Lipinski definition) is 0. The van der Waals surface area contributed by atoms with Crippen molar-refractivity contribution in [1.82, 2.24) is 0 Å². The number of aryl methyl sites for hydroxylation is 1. The predicted octanol–water partition coefficient (Wildman–Crippen LogP) is 3.27. The number of ether oxygens (including phenoxy) is 2. The minimum absolute atomic E-state index is 0.0596. The number of esters is 1. The molecule has 25 heavy (non-hydrogen) atoms. The first-order valence-electron chi connectivity index (χ1n) is 8.22. The predicted molar refractivity (Wildman–Crippen MR) is 95.0 cm³/mol. The van der Waals surface area contributed by atoms with E-state index in [0.717, 1.165) is 16.8 Å². The molecule has 1 amide bonds. The van der Waals surface area contributed by atoms with Crippen LogP contribution in [0, 0.1) is 19.8 Å². The molecule has 5 nitrogen and oxygen atoms in total. The standard InChI is InChI=1S/C20H21NO4/c1-13-7-6-8-16(14(13)2)21-12-15(11-19(21)22)20(23)25-18-10-5-4-9-17(18)24-3/h4-10,15H,11-12H2,1-3H3. The molecule has 1 saturated heterocycles. The van der Waals surface area contributed by atoms with E-state index < -0.39 is 11.9 Å². The molecule has 0 spiro atoms. The first-order chi connectivity index (χ1) is 12.0. The van der Waals surface area contributed by atoms with E-state index in [1.807, 2.05) is 32.0 Å². The molecule has 1 heterocycles. The zero-order chi connectivity index (χ0) is 18.0. The van der Waals surface area contributed by atoms with Crippen LogP contribution in [0.1, 0.15) is 17.5 Å². The van der Waals surface area contributed by atoms with Crippen molar-refractivity contribution >= 4 is 17.6 Å². The van der Waals surface area contributed by atoms with Crippen LogP contribution >= 0.6 is 0 Å². The number of hydrogen-bond acceptors (Lipinski definition) is 4. The van der Waals surface area contributed by atoms with Crippen molar-refractivity contribution in [3.8, 4) is 11.5 Å². The van der Waals surface area contributed by atoms with Gasteiger partial charge in [0, 0.05) is 18.7 Å². The summed E-state index contributed by atoms with van der Waals surface area (Å²) in [5.41, 5.74) is 3.03. The van der Waals surface area contributed by atoms with E-state index in [0.29, 0.717) is 18.0 Å². The van der Waals surface area contributed by atoms with Gasteiger partial charge in [0.05, 0.1) is 13.0 Å². The lowest BCUT2D eigenvalue weighted by atomic mass is 10.1. The molecule has 1 fully saturated rings. The third kappa shape index (κ3) is 3.36. The van der Waals surface area contributed by atoms with Crippen molar-refractivity contribution in [3.05, 3.63) is 53.6 Å². The summed E-state index contributed by atoms with van der Waals surface area (Å²) in [6, 6.07) is 12.8. The second-order valence-corrected chi connectivity index (χ2v) is 6.20. The third-order valence-electron chi connectivity index (χ3n) is 4.60. The molecule has 0 radical (unpaired) electrons. The summed E-state index contributed by atoms with van der Waals surface area (Å²) in [5, 5.41) is 0. The zero-order valence-electron chi connectivity index (χ0n) is 14.6. The summed E-state index contributed by atoms with van der Waals surface area (Å²) in [6.45, 7) is 4.32. The van der Waals surface area contributed by atoms with Gasteiger partial charge in [0.2, 0.25) is 5.91 Å². The topological polar surface area (TPSA) is 55.8 Å². The lowest BCUT2D eigenvalue weighted by molar-refractivity contribution is -0.139. The van der Waals surface area contributed by atoms with Crippen LogP contribution in [0.5, 0.6) is 11.5 Å². The van der Waals surface area contributed by atoms with Crippen LogP contribution < -0.4 is 14.4 Å². The molecule has 2 aromatic carbocycles. The summed E-state index contributed by atoms with van der Waals surface area (Å²) in [7, 11) is 1.52. The highest BCUT2D eigenvalue weighted by Crippen LogP contribution is 2.31. The maximum Gasteiger partial charge on any atom is 0.316 e. The Labute approximate surface area is 147 Å². The van der Waals surface area contributed by atoms with Gasteiger partial charge in [-0.3, -0.25) is 9.59 Å². The highest BCUT2D eigenvalue weighted by Gasteiger charge is 2.37. The summed E-state index contributed by atoms with van der Waals surface area (Å²) in [6.07, 6.45) is 0.154. The van der Waals surface area contributed by atoms with Crippen molar-refractivity contribution in [2.24, 2.45) is 5.92 Å². The number of benzene rings is 2. The molecule has 2 aromatic rings. The Morgan fingerprint density at radius 3 is 2.52 bits per heavy atom. The number of nitrogens with zero attached hydrogens (tertiary/aromatic N) is 1. The highest BCUT2D eigenvalue weighted by molar-refractivity contribution is 6.00. The molecule has 3 rings (SSSR count). The summed E-state index contributed by atoms with van der Waals surface area (Å²) < 4.78 is 10.7. The van der Waals surface area contributed by atoms with Crippen LogP contribution in [0.2, 0.25) is 0 Å². The first kappa shape index (κ1) is 17.0. The Bertz CT molecular complexity index is 815. The average Bonchev–Trinajstić information content (AvgIpc) is 2.99. The molecule has 1 unspecified atom stereocenters. The summed E-state index contributed by atoms with van der Waals surface area (Å²) in [5.74, 6) is -0.0992. The van der Waals surface area contributed by atoms with E-state index in [2.05, 4.69) is 0 Å². The van der Waals surface area contributed by atoms with E-state index in [4.69, 9.17) is 9.47 Å². The van der Waals surface area contributed by atoms with E-state index in [1.165, 1.54) is 7.11 Å². The maximum absolute atomic E-state index is 12.5. The molecular weight excluding hydrogens is 318 g/mol. The van der Waals surface area contributed by atoms with Gasteiger partial charge in [0.25, 0.3) is 0 Å². The summed E-state index contributed by atoms with van der Waals surface area (Å²) >= 11 is 0. The quantitative estimate of drug-likeness (QED) is 0.634. The van der Waals surface area contributed by atoms with Gasteiger partial charge in [-0.1, -0.05) is 24.3 Å². The average molecular weight is 339 g/mol. The van der Waals surface area contributed by atoms with Crippen LogP contribution in [0.4, 0.5) is 5.69 Å². The molecule has 5 heteroatoms. The lowest BCUT2D eigenvalue weighted by Gasteiger charge is -2.20. The van der Waals surface area contributed by atoms with Crippen LogP contribution in [0.3, 0.4) is 0 Å². The lowest BCUT2D eigenvalue weighted by Crippen LogP contribution is -2.28. The van der Waals surface area contributed by atoms with Gasteiger partial charge >= 0.3 is 5.97 Å². The molecule has 1 atom stereocenters. The monoisotopic (exact) mass is 339 g/mol. The smallest absolute Gasteiger partial charge is 0.316 e. The highest BCUT2D eigenvalue weighted by atomic mass is 16.6. The number of methoxy groups -OCH3 is 1. The Morgan fingerprint density at radius 2 is 1.80 bits per heavy atom. The van der Waals surface area contributed by atoms with E-state index in [9.17, 15) is 9.59 Å². The van der Waals surface area contributed by atoms with Gasteiger partial charge in [-0.2, -0.15) is 0 Å². The number of carbonyl (C=O) groups is 2. The Balaban J connectivity index is 1.76. The number of para-hydroxylation sites is 2. The third-order valence-corrected chi connectivity index (χ3v) is 4.60. The number of anilines is 1. The molecule has 1 aliphatic heterocycles. The van der Waals surface area contributed by atoms with Gasteiger partial charge < -0.3 is 14.4 Å². The fraction of sp³-hybridized carbons (Fsp3) is 0.300. The number of carbonyl (C=O) groups excluding carboxylic acids is 2. The van der Waals surface area contributed by atoms with Crippen molar-refractivity contribution < 1.29 is 19.1 Å². The molecular formula is C20H21NO4. The van der Waals surface area contributed by atoms with Gasteiger partial charge in [-0.15, -0.1) is 0 Å². The minimum Gasteiger partial charge on any atom is -0.493 e. The van der Waals surface area contributed by atoms with Crippen LogP contribution in [-0.4, -0.2) is 25.5 Å². The van der Waals surface area contributed by atoms with Crippen LogP contribution in [-0.2, 0) is 9.59 Å². The molecule has 0 aliphatic carbocycles. The fourth-order valence-corrected chi connectivity index (χ4v) is 3.02. The normalized spacial score (nSPS) is 16.8. The molecule has 0 aromatic heterocycles. The Hall–Kier alpha value is -2.82. The first-order valence-corrected chi connectivity index (χ1v) is 8.22. The largest absolute Gasteiger partial charge is 0.493 e. The maximum atomic E-state index is 12.5. The SMILES string of the molecule is COc1ccccc1OC(=O)C1CC(=O)N(c2cccc(C)c2C)C1. The van der Waals surface area contributed by atoms with Gasteiger partial charge in [-0.25, -0.2) is 0 Å². The minimum atomic E-state index is -0.489. The zero-order valence-corrected chi connectivity index (χ0v) is 14.6.